The van der Waals surface area contributed by atoms with E-state index in [-0.39, 0.29) is 5.97 Å². The molecule has 0 heterocycles. The van der Waals surface area contributed by atoms with Crippen molar-refractivity contribution in [3.8, 4) is 0 Å². The van der Waals surface area contributed by atoms with Gasteiger partial charge < -0.3 is 9.64 Å². The van der Waals surface area contributed by atoms with Gasteiger partial charge in [-0.15, -0.1) is 11.8 Å². The minimum Gasteiger partial charge on any atom is -0.460 e. The van der Waals surface area contributed by atoms with Crippen LogP contribution in [0.15, 0.2) is 29.2 Å². The summed E-state index contributed by atoms with van der Waals surface area (Å²) in [5.74, 6) is -0.137. The molecule has 0 N–H and O–H groups in total. The molecule has 0 fully saturated rings. The molecule has 0 spiro atoms. The second kappa shape index (κ2) is 7.70. The van der Waals surface area contributed by atoms with E-state index >= 15 is 0 Å². The van der Waals surface area contributed by atoms with Crippen LogP contribution >= 0.6 is 11.8 Å². The Balaban J connectivity index is 2.36. The van der Waals surface area contributed by atoms with E-state index in [2.05, 4.69) is 35.4 Å². The van der Waals surface area contributed by atoms with Gasteiger partial charge in [0.2, 0.25) is 0 Å². The Morgan fingerprint density at radius 3 is 2.35 bits per heavy atom. The van der Waals surface area contributed by atoms with Gasteiger partial charge in [-0.3, -0.25) is 4.79 Å². The third kappa shape index (κ3) is 6.96. The van der Waals surface area contributed by atoms with Crippen molar-refractivity contribution in [3.63, 3.8) is 0 Å². The summed E-state index contributed by atoms with van der Waals surface area (Å²) in [6.45, 7) is 7.22. The van der Waals surface area contributed by atoms with E-state index in [1.807, 2.05) is 27.8 Å². The molecule has 3 nitrogen and oxygen atoms in total. The molecule has 0 bridgehead atoms. The van der Waals surface area contributed by atoms with Gasteiger partial charge in [-0.1, -0.05) is 12.1 Å². The first-order chi connectivity index (χ1) is 9.30. The predicted molar refractivity (Wildman–Crippen MR) is 85.0 cm³/mol. The zero-order valence-corrected chi connectivity index (χ0v) is 13.9. The smallest absolute Gasteiger partial charge is 0.307 e. The fourth-order valence-electron chi connectivity index (χ4n) is 1.80. The Hall–Kier alpha value is -1.00. The average Bonchev–Trinajstić information content (AvgIpc) is 2.35. The number of ether oxygens (including phenoxy) is 1. The maximum Gasteiger partial charge on any atom is 0.307 e. The molecule has 0 aliphatic rings. The number of hydrogen-bond donors (Lipinski definition) is 0. The van der Waals surface area contributed by atoms with Crippen molar-refractivity contribution in [1.29, 1.82) is 0 Å². The molecule has 112 valence electrons. The van der Waals surface area contributed by atoms with Crippen LogP contribution in [-0.4, -0.2) is 36.3 Å². The van der Waals surface area contributed by atoms with Crippen LogP contribution in [-0.2, 0) is 16.1 Å². The van der Waals surface area contributed by atoms with E-state index < -0.39 is 5.60 Å². The molecule has 0 unspecified atom stereocenters. The van der Waals surface area contributed by atoms with Crippen LogP contribution in [0, 0.1) is 0 Å². The van der Waals surface area contributed by atoms with Gasteiger partial charge in [0.25, 0.3) is 0 Å². The molecule has 0 aliphatic heterocycles. The van der Waals surface area contributed by atoms with Crippen molar-refractivity contribution >= 4 is 17.7 Å². The lowest BCUT2D eigenvalue weighted by Crippen LogP contribution is -2.27. The Morgan fingerprint density at radius 1 is 1.25 bits per heavy atom. The quantitative estimate of drug-likeness (QED) is 0.593. The maximum absolute atomic E-state index is 11.6. The predicted octanol–water partition coefficient (Wildman–Crippen LogP) is 3.57. The molecule has 20 heavy (non-hydrogen) atoms. The Labute approximate surface area is 126 Å². The number of carbonyl (C=O) groups excluding carboxylic acids is 1. The molecule has 0 saturated heterocycles. The summed E-state index contributed by atoms with van der Waals surface area (Å²) >= 11 is 1.74. The van der Waals surface area contributed by atoms with Gasteiger partial charge in [0, 0.05) is 18.0 Å². The lowest BCUT2D eigenvalue weighted by Gasteiger charge is -2.21. The summed E-state index contributed by atoms with van der Waals surface area (Å²) < 4.78 is 5.30. The van der Waals surface area contributed by atoms with Gasteiger partial charge in [0.15, 0.2) is 0 Å². The number of hydrogen-bond acceptors (Lipinski definition) is 4. The van der Waals surface area contributed by atoms with Crippen LogP contribution < -0.4 is 0 Å². The highest BCUT2D eigenvalue weighted by Crippen LogP contribution is 2.15. The number of thioether (sulfide) groups is 1. The Morgan fingerprint density at radius 2 is 1.85 bits per heavy atom. The largest absolute Gasteiger partial charge is 0.460 e. The number of carbonyl (C=O) groups is 1. The fourth-order valence-corrected chi connectivity index (χ4v) is 2.20. The molecule has 0 aromatic heterocycles. The number of rotatable bonds is 6. The Bertz CT molecular complexity index is 423. The monoisotopic (exact) mass is 295 g/mol. The van der Waals surface area contributed by atoms with E-state index in [1.54, 1.807) is 11.8 Å². The summed E-state index contributed by atoms with van der Waals surface area (Å²) in [7, 11) is 2.02. The number of nitrogens with zero attached hydrogens (tertiary/aromatic N) is 1. The molecule has 4 heteroatoms. The summed E-state index contributed by atoms with van der Waals surface area (Å²) in [5.41, 5.74) is 0.859. The molecule has 1 rings (SSSR count). The maximum atomic E-state index is 11.6. The van der Waals surface area contributed by atoms with E-state index in [9.17, 15) is 4.79 Å². The highest BCUT2D eigenvalue weighted by Gasteiger charge is 2.16. The van der Waals surface area contributed by atoms with Crippen molar-refractivity contribution in [2.24, 2.45) is 0 Å². The normalized spacial score (nSPS) is 11.7. The molecule has 0 aliphatic carbocycles. The van der Waals surface area contributed by atoms with Gasteiger partial charge in [0.05, 0.1) is 6.42 Å². The van der Waals surface area contributed by atoms with Crippen molar-refractivity contribution in [1.82, 2.24) is 4.90 Å². The summed E-state index contributed by atoms with van der Waals surface area (Å²) in [6, 6.07) is 8.52. The number of esters is 1. The van der Waals surface area contributed by atoms with Gasteiger partial charge in [-0.2, -0.15) is 0 Å². The zero-order valence-electron chi connectivity index (χ0n) is 13.1. The molecular formula is C16H25NO2S. The summed E-state index contributed by atoms with van der Waals surface area (Å²) in [6.07, 6.45) is 2.50. The van der Waals surface area contributed by atoms with Crippen LogP contribution in [0.4, 0.5) is 0 Å². The standard InChI is InChI=1S/C16H25NO2S/c1-16(2,3)19-15(18)10-11-17(4)12-13-6-8-14(20-5)9-7-13/h6-9H,10-12H2,1-5H3. The zero-order chi connectivity index (χ0) is 15.2. The van der Waals surface area contributed by atoms with Gasteiger partial charge >= 0.3 is 5.97 Å². The van der Waals surface area contributed by atoms with Crippen molar-refractivity contribution in [2.75, 3.05) is 19.8 Å². The topological polar surface area (TPSA) is 29.5 Å². The van der Waals surface area contributed by atoms with E-state index in [0.29, 0.717) is 13.0 Å². The molecule has 0 amide bonds. The van der Waals surface area contributed by atoms with Crippen molar-refractivity contribution < 1.29 is 9.53 Å². The highest BCUT2D eigenvalue weighted by atomic mass is 32.2. The van der Waals surface area contributed by atoms with E-state index in [0.717, 1.165) is 6.54 Å². The second-order valence-corrected chi connectivity index (χ2v) is 6.80. The van der Waals surface area contributed by atoms with Crippen molar-refractivity contribution in [3.05, 3.63) is 29.8 Å². The minimum atomic E-state index is -0.399. The molecular weight excluding hydrogens is 270 g/mol. The molecule has 0 atom stereocenters. The van der Waals surface area contributed by atoms with Crippen LogP contribution in [0.3, 0.4) is 0 Å². The van der Waals surface area contributed by atoms with Gasteiger partial charge in [0.1, 0.15) is 5.60 Å². The van der Waals surface area contributed by atoms with Gasteiger partial charge in [-0.25, -0.2) is 0 Å². The van der Waals surface area contributed by atoms with Gasteiger partial charge in [-0.05, 0) is 51.8 Å². The minimum absolute atomic E-state index is 0.137. The first-order valence-electron chi connectivity index (χ1n) is 6.83. The molecule has 0 saturated carbocycles. The van der Waals surface area contributed by atoms with Crippen molar-refractivity contribution in [2.45, 2.75) is 44.2 Å². The van der Waals surface area contributed by atoms with E-state index in [4.69, 9.17) is 4.74 Å². The van der Waals surface area contributed by atoms with Crippen LogP contribution in [0.1, 0.15) is 32.8 Å². The lowest BCUT2D eigenvalue weighted by atomic mass is 10.2. The third-order valence-corrected chi connectivity index (χ3v) is 3.47. The van der Waals surface area contributed by atoms with Crippen LogP contribution in [0.25, 0.3) is 0 Å². The third-order valence-electron chi connectivity index (χ3n) is 2.73. The summed E-state index contributed by atoms with van der Waals surface area (Å²) in [4.78, 5) is 15.1. The average molecular weight is 295 g/mol. The highest BCUT2D eigenvalue weighted by molar-refractivity contribution is 7.98. The van der Waals surface area contributed by atoms with E-state index in [1.165, 1.54) is 10.5 Å². The fraction of sp³-hybridized carbons (Fsp3) is 0.562. The molecule has 0 radical (unpaired) electrons. The molecule has 1 aromatic rings. The summed E-state index contributed by atoms with van der Waals surface area (Å²) in [5, 5.41) is 0. The van der Waals surface area contributed by atoms with Crippen LogP contribution in [0.2, 0.25) is 0 Å². The first-order valence-corrected chi connectivity index (χ1v) is 8.06. The number of benzene rings is 1. The SMILES string of the molecule is CSc1ccc(CN(C)CCC(=O)OC(C)(C)C)cc1. The van der Waals surface area contributed by atoms with Crippen LogP contribution in [0.5, 0.6) is 0 Å². The lowest BCUT2D eigenvalue weighted by molar-refractivity contribution is -0.155. The first kappa shape index (κ1) is 17.1. The second-order valence-electron chi connectivity index (χ2n) is 5.92. The molecule has 1 aromatic carbocycles. The Kier molecular flexibility index (Phi) is 6.56.